The van der Waals surface area contributed by atoms with E-state index in [2.05, 4.69) is 10.1 Å². The lowest BCUT2D eigenvalue weighted by atomic mass is 10.0. The molecule has 0 bridgehead atoms. The molecular weight excluding hydrogens is 280 g/mol. The average Bonchev–Trinajstić information content (AvgIpc) is 2.82. The Morgan fingerprint density at radius 1 is 1.50 bits per heavy atom. The smallest absolute Gasteiger partial charge is 0.232 e. The molecule has 20 heavy (non-hydrogen) atoms. The normalized spacial score (nSPS) is 16.1. The third-order valence-electron chi connectivity index (χ3n) is 3.21. The number of likely N-dealkylation sites (tertiary alicyclic amines) is 1. The number of hydrogen-bond acceptors (Lipinski definition) is 5. The van der Waals surface area contributed by atoms with Crippen LogP contribution in [0.4, 0.5) is 0 Å². The van der Waals surface area contributed by atoms with Crippen molar-refractivity contribution in [2.75, 3.05) is 19.6 Å². The molecule has 2 heterocycles. The lowest BCUT2D eigenvalue weighted by Crippen LogP contribution is -2.48. The number of carbonyl (C=O) groups excluding carboxylic acids is 1. The van der Waals surface area contributed by atoms with E-state index in [1.807, 2.05) is 17.0 Å². The Balaban J connectivity index is 1.68. The van der Waals surface area contributed by atoms with Gasteiger partial charge in [0.15, 0.2) is 0 Å². The zero-order valence-corrected chi connectivity index (χ0v) is 11.4. The first kappa shape index (κ1) is 13.1. The lowest BCUT2D eigenvalue weighted by Gasteiger charge is -2.35. The van der Waals surface area contributed by atoms with Crippen LogP contribution in [0.15, 0.2) is 28.8 Å². The summed E-state index contributed by atoms with van der Waals surface area (Å²) in [7, 11) is 0. The first-order valence-corrected chi connectivity index (χ1v) is 6.60. The van der Waals surface area contributed by atoms with Gasteiger partial charge in [0.25, 0.3) is 0 Å². The molecule has 6 nitrogen and oxygen atoms in total. The van der Waals surface area contributed by atoms with Crippen LogP contribution < -0.4 is 5.73 Å². The number of carbonyl (C=O) groups is 1. The topological polar surface area (TPSA) is 85.3 Å². The van der Waals surface area contributed by atoms with Crippen molar-refractivity contribution < 1.29 is 9.32 Å². The summed E-state index contributed by atoms with van der Waals surface area (Å²) in [5.41, 5.74) is 5.96. The summed E-state index contributed by atoms with van der Waals surface area (Å²) in [6, 6.07) is 7.29. The summed E-state index contributed by atoms with van der Waals surface area (Å²) in [5.74, 6) is 0.944. The van der Waals surface area contributed by atoms with Gasteiger partial charge in [0.2, 0.25) is 17.6 Å². The Morgan fingerprint density at radius 2 is 2.30 bits per heavy atom. The zero-order valence-electron chi connectivity index (χ0n) is 10.6. The summed E-state index contributed by atoms with van der Waals surface area (Å²) in [4.78, 5) is 17.1. The predicted molar refractivity (Wildman–Crippen MR) is 73.1 cm³/mol. The van der Waals surface area contributed by atoms with Gasteiger partial charge in [0.1, 0.15) is 0 Å². The molecule has 1 aromatic heterocycles. The molecule has 104 valence electrons. The summed E-state index contributed by atoms with van der Waals surface area (Å²) in [6.45, 7) is 1.69. The highest BCUT2D eigenvalue weighted by atomic mass is 35.5. The molecule has 0 spiro atoms. The van der Waals surface area contributed by atoms with Gasteiger partial charge in [0.05, 0.1) is 12.5 Å². The third-order valence-corrected chi connectivity index (χ3v) is 3.45. The minimum atomic E-state index is -0.325. The fraction of sp³-hybridized carbons (Fsp3) is 0.308. The van der Waals surface area contributed by atoms with Crippen molar-refractivity contribution in [3.05, 3.63) is 35.2 Å². The summed E-state index contributed by atoms with van der Waals surface area (Å²) in [6.07, 6.45) is 0. The van der Waals surface area contributed by atoms with Crippen LogP contribution in [-0.4, -0.2) is 40.6 Å². The molecule has 1 aromatic carbocycles. The molecule has 0 atom stereocenters. The zero-order chi connectivity index (χ0) is 14.1. The molecule has 1 aliphatic rings. The number of nitrogens with zero attached hydrogens (tertiary/aromatic N) is 3. The van der Waals surface area contributed by atoms with E-state index in [1.165, 1.54) is 0 Å². The van der Waals surface area contributed by atoms with Gasteiger partial charge < -0.3 is 10.3 Å². The fourth-order valence-corrected chi connectivity index (χ4v) is 2.41. The van der Waals surface area contributed by atoms with Gasteiger partial charge in [-0.05, 0) is 12.1 Å². The third kappa shape index (κ3) is 2.66. The number of rotatable bonds is 4. The molecular formula is C13H13ClN4O2. The number of amides is 1. The van der Waals surface area contributed by atoms with Crippen molar-refractivity contribution in [2.45, 2.75) is 5.92 Å². The second-order valence-electron chi connectivity index (χ2n) is 4.82. The van der Waals surface area contributed by atoms with E-state index in [4.69, 9.17) is 21.9 Å². The predicted octanol–water partition coefficient (Wildman–Crippen LogP) is 1.27. The molecule has 7 heteroatoms. The van der Waals surface area contributed by atoms with E-state index in [0.29, 0.717) is 29.8 Å². The summed E-state index contributed by atoms with van der Waals surface area (Å²) < 4.78 is 5.27. The van der Waals surface area contributed by atoms with Crippen LogP contribution in [0.5, 0.6) is 0 Å². The molecule has 1 aliphatic heterocycles. The Labute approximate surface area is 120 Å². The van der Waals surface area contributed by atoms with E-state index in [-0.39, 0.29) is 18.4 Å². The standard InChI is InChI=1S/C13H13ClN4O2/c14-10-3-1-2-8(4-10)12-16-13(20-17-12)9-5-18(6-9)7-11(15)19/h1-4,9H,5-7H2,(H2,15,19). The van der Waals surface area contributed by atoms with Crippen LogP contribution in [0.3, 0.4) is 0 Å². The molecule has 1 fully saturated rings. The second kappa shape index (κ2) is 5.22. The van der Waals surface area contributed by atoms with Crippen LogP contribution >= 0.6 is 11.6 Å². The van der Waals surface area contributed by atoms with Gasteiger partial charge in [-0.25, -0.2) is 0 Å². The van der Waals surface area contributed by atoms with Crippen molar-refractivity contribution in [3.8, 4) is 11.4 Å². The minimum absolute atomic E-state index is 0.162. The quantitative estimate of drug-likeness (QED) is 0.917. The molecule has 0 radical (unpaired) electrons. The van der Waals surface area contributed by atoms with Gasteiger partial charge in [0, 0.05) is 23.7 Å². The fourth-order valence-electron chi connectivity index (χ4n) is 2.22. The molecule has 3 rings (SSSR count). The lowest BCUT2D eigenvalue weighted by molar-refractivity contribution is -0.120. The highest BCUT2D eigenvalue weighted by Crippen LogP contribution is 2.27. The Kier molecular flexibility index (Phi) is 3.42. The Bertz CT molecular complexity index is 637. The maximum absolute atomic E-state index is 10.8. The highest BCUT2D eigenvalue weighted by Gasteiger charge is 2.33. The largest absolute Gasteiger partial charge is 0.369 e. The van der Waals surface area contributed by atoms with Gasteiger partial charge >= 0.3 is 0 Å². The highest BCUT2D eigenvalue weighted by molar-refractivity contribution is 6.30. The Morgan fingerprint density at radius 3 is 3.00 bits per heavy atom. The maximum Gasteiger partial charge on any atom is 0.232 e. The molecule has 1 amide bonds. The van der Waals surface area contributed by atoms with E-state index < -0.39 is 0 Å². The van der Waals surface area contributed by atoms with Crippen molar-refractivity contribution in [1.29, 1.82) is 0 Å². The van der Waals surface area contributed by atoms with Crippen LogP contribution in [-0.2, 0) is 4.79 Å². The Hall–Kier alpha value is -1.92. The summed E-state index contributed by atoms with van der Waals surface area (Å²) >= 11 is 5.93. The molecule has 1 saturated heterocycles. The number of halogens is 1. The van der Waals surface area contributed by atoms with Crippen molar-refractivity contribution in [1.82, 2.24) is 15.0 Å². The number of benzene rings is 1. The van der Waals surface area contributed by atoms with Crippen LogP contribution in [0.25, 0.3) is 11.4 Å². The van der Waals surface area contributed by atoms with Gasteiger partial charge in [-0.2, -0.15) is 4.98 Å². The monoisotopic (exact) mass is 292 g/mol. The number of primary amides is 1. The van der Waals surface area contributed by atoms with Gasteiger partial charge in [-0.3, -0.25) is 9.69 Å². The summed E-state index contributed by atoms with van der Waals surface area (Å²) in [5, 5.41) is 4.59. The van der Waals surface area contributed by atoms with E-state index in [9.17, 15) is 4.79 Å². The molecule has 0 unspecified atom stereocenters. The maximum atomic E-state index is 10.8. The van der Waals surface area contributed by atoms with E-state index in [1.54, 1.807) is 12.1 Å². The first-order valence-electron chi connectivity index (χ1n) is 6.22. The SMILES string of the molecule is NC(=O)CN1CC(c2nc(-c3cccc(Cl)c3)no2)C1. The van der Waals surface area contributed by atoms with Crippen molar-refractivity contribution >= 4 is 17.5 Å². The first-order chi connectivity index (χ1) is 9.61. The second-order valence-corrected chi connectivity index (χ2v) is 5.26. The van der Waals surface area contributed by atoms with Crippen LogP contribution in [0.1, 0.15) is 11.8 Å². The molecule has 0 saturated carbocycles. The van der Waals surface area contributed by atoms with Gasteiger partial charge in [-0.15, -0.1) is 0 Å². The van der Waals surface area contributed by atoms with Crippen molar-refractivity contribution in [3.63, 3.8) is 0 Å². The number of nitrogens with two attached hydrogens (primary N) is 1. The molecule has 2 N–H and O–H groups in total. The van der Waals surface area contributed by atoms with Crippen LogP contribution in [0, 0.1) is 0 Å². The average molecular weight is 293 g/mol. The van der Waals surface area contributed by atoms with Crippen molar-refractivity contribution in [2.24, 2.45) is 5.73 Å². The number of aromatic nitrogens is 2. The van der Waals surface area contributed by atoms with E-state index in [0.717, 1.165) is 5.56 Å². The molecule has 2 aromatic rings. The van der Waals surface area contributed by atoms with Crippen LogP contribution in [0.2, 0.25) is 5.02 Å². The molecule has 0 aliphatic carbocycles. The minimum Gasteiger partial charge on any atom is -0.369 e. The van der Waals surface area contributed by atoms with E-state index >= 15 is 0 Å². The van der Waals surface area contributed by atoms with Gasteiger partial charge in [-0.1, -0.05) is 28.9 Å². The number of hydrogen-bond donors (Lipinski definition) is 1.